The van der Waals surface area contributed by atoms with Crippen LogP contribution in [0.3, 0.4) is 0 Å². The van der Waals surface area contributed by atoms with E-state index in [2.05, 4.69) is 5.32 Å². The van der Waals surface area contributed by atoms with Crippen molar-refractivity contribution in [1.29, 1.82) is 0 Å². The first-order valence-corrected chi connectivity index (χ1v) is 10.7. The summed E-state index contributed by atoms with van der Waals surface area (Å²) in [6.07, 6.45) is 0.407. The zero-order chi connectivity index (χ0) is 19.1. The van der Waals surface area contributed by atoms with Gasteiger partial charge in [-0.3, -0.25) is 9.10 Å². The molecule has 26 heavy (non-hydrogen) atoms. The molecule has 1 atom stereocenters. The number of amides is 1. The Morgan fingerprint density at radius 3 is 2.54 bits per heavy atom. The normalized spacial score (nSPS) is 17.2. The highest BCUT2D eigenvalue weighted by Gasteiger charge is 2.25. The molecule has 1 aliphatic rings. The van der Waals surface area contributed by atoms with Crippen molar-refractivity contribution in [2.45, 2.75) is 42.2 Å². The third kappa shape index (κ3) is 3.59. The summed E-state index contributed by atoms with van der Waals surface area (Å²) in [6.45, 7) is 5.93. The molecule has 1 aliphatic heterocycles. The summed E-state index contributed by atoms with van der Waals surface area (Å²) in [7, 11) is -2.18. The van der Waals surface area contributed by atoms with Crippen molar-refractivity contribution in [1.82, 2.24) is 0 Å². The van der Waals surface area contributed by atoms with Crippen LogP contribution < -0.4 is 9.62 Å². The monoisotopic (exact) mass is 390 g/mol. The molecule has 1 N–H and O–H groups in total. The maximum Gasteiger partial charge on any atom is 0.264 e. The number of nitrogens with one attached hydrogen (secondary N) is 1. The molecule has 2 aromatic rings. The lowest BCUT2D eigenvalue weighted by molar-refractivity contribution is -0.116. The Balaban J connectivity index is 1.99. The van der Waals surface area contributed by atoms with Gasteiger partial charge in [-0.2, -0.15) is 0 Å². The van der Waals surface area contributed by atoms with Gasteiger partial charge in [-0.25, -0.2) is 8.42 Å². The molecular formula is C19H22N2O3S2. The van der Waals surface area contributed by atoms with Crippen molar-refractivity contribution in [3.05, 3.63) is 47.5 Å². The number of nitrogens with zero attached hydrogens (tertiary/aromatic N) is 1. The Bertz CT molecular complexity index is 971. The second-order valence-electron chi connectivity index (χ2n) is 6.58. The Hall–Kier alpha value is -1.99. The number of anilines is 2. The number of sulfonamides is 1. The van der Waals surface area contributed by atoms with Crippen LogP contribution >= 0.6 is 11.8 Å². The highest BCUT2D eigenvalue weighted by molar-refractivity contribution is 8.00. The summed E-state index contributed by atoms with van der Waals surface area (Å²) < 4.78 is 27.4. The number of rotatable bonds is 3. The van der Waals surface area contributed by atoms with Gasteiger partial charge in [-0.15, -0.1) is 11.8 Å². The molecular weight excluding hydrogens is 368 g/mol. The average Bonchev–Trinajstić information content (AvgIpc) is 2.72. The summed E-state index contributed by atoms with van der Waals surface area (Å²) in [5, 5.41) is 2.97. The standard InChI is InChI=1S/C19H22N2O3S2/c1-12-5-6-15(9-13(12)2)21(4)26(23,24)16-7-8-18-17(11-16)20-19(22)10-14(3)25-18/h5-9,11,14H,10H2,1-4H3,(H,20,22)/t14-/m1/s1. The zero-order valence-electron chi connectivity index (χ0n) is 15.2. The summed E-state index contributed by atoms with van der Waals surface area (Å²) in [4.78, 5) is 13.0. The Morgan fingerprint density at radius 2 is 1.85 bits per heavy atom. The van der Waals surface area contributed by atoms with Gasteiger partial charge < -0.3 is 5.32 Å². The van der Waals surface area contributed by atoms with Gasteiger partial charge in [0.25, 0.3) is 10.0 Å². The van der Waals surface area contributed by atoms with Crippen LogP contribution in [0.1, 0.15) is 24.5 Å². The van der Waals surface area contributed by atoms with Crippen LogP contribution in [0.4, 0.5) is 11.4 Å². The van der Waals surface area contributed by atoms with Crippen molar-refractivity contribution in [3.63, 3.8) is 0 Å². The Labute approximate surface area is 158 Å². The number of aryl methyl sites for hydroxylation is 2. The smallest absolute Gasteiger partial charge is 0.264 e. The fraction of sp³-hybridized carbons (Fsp3) is 0.316. The van der Waals surface area contributed by atoms with E-state index in [9.17, 15) is 13.2 Å². The van der Waals surface area contributed by atoms with Gasteiger partial charge in [-0.1, -0.05) is 13.0 Å². The van der Waals surface area contributed by atoms with Gasteiger partial charge in [0.15, 0.2) is 0 Å². The molecule has 1 amide bonds. The fourth-order valence-electron chi connectivity index (χ4n) is 2.81. The van der Waals surface area contributed by atoms with Crippen LogP contribution in [0, 0.1) is 13.8 Å². The Morgan fingerprint density at radius 1 is 1.12 bits per heavy atom. The van der Waals surface area contributed by atoms with Crippen LogP contribution in [0.2, 0.25) is 0 Å². The molecule has 3 rings (SSSR count). The third-order valence-corrected chi connectivity index (χ3v) is 7.50. The zero-order valence-corrected chi connectivity index (χ0v) is 16.9. The van der Waals surface area contributed by atoms with E-state index in [0.717, 1.165) is 16.0 Å². The summed E-state index contributed by atoms with van der Waals surface area (Å²) in [5.41, 5.74) is 3.30. The van der Waals surface area contributed by atoms with Crippen molar-refractivity contribution in [3.8, 4) is 0 Å². The number of thioether (sulfide) groups is 1. The van der Waals surface area contributed by atoms with E-state index in [4.69, 9.17) is 0 Å². The number of benzene rings is 2. The van der Waals surface area contributed by atoms with Crippen LogP contribution in [-0.2, 0) is 14.8 Å². The number of fused-ring (bicyclic) bond motifs is 1. The predicted molar refractivity (Wildman–Crippen MR) is 107 cm³/mol. The summed E-state index contributed by atoms with van der Waals surface area (Å²) in [6, 6.07) is 10.5. The second kappa shape index (κ2) is 6.96. The molecule has 0 aromatic heterocycles. The first kappa shape index (κ1) is 18.8. The van der Waals surface area contributed by atoms with Crippen molar-refractivity contribution in [2.75, 3.05) is 16.7 Å². The molecule has 138 valence electrons. The SMILES string of the molecule is Cc1ccc(N(C)S(=O)(=O)c2ccc3c(c2)NC(=O)C[C@@H](C)S3)cc1C. The molecule has 0 unspecified atom stereocenters. The minimum Gasteiger partial charge on any atom is -0.325 e. The van der Waals surface area contributed by atoms with E-state index in [1.807, 2.05) is 32.9 Å². The molecule has 0 bridgehead atoms. The number of hydrogen-bond acceptors (Lipinski definition) is 4. The number of carbonyl (C=O) groups excluding carboxylic acids is 1. The quantitative estimate of drug-likeness (QED) is 0.862. The fourth-order valence-corrected chi connectivity index (χ4v) is 5.07. The lowest BCUT2D eigenvalue weighted by atomic mass is 10.1. The van der Waals surface area contributed by atoms with Crippen LogP contribution in [0.25, 0.3) is 0 Å². The summed E-state index contributed by atoms with van der Waals surface area (Å²) >= 11 is 1.57. The highest BCUT2D eigenvalue weighted by Crippen LogP contribution is 2.37. The van der Waals surface area contributed by atoms with Crippen LogP contribution in [0.15, 0.2) is 46.2 Å². The first-order valence-electron chi connectivity index (χ1n) is 8.35. The molecule has 5 nitrogen and oxygen atoms in total. The van der Waals surface area contributed by atoms with E-state index < -0.39 is 10.0 Å². The van der Waals surface area contributed by atoms with E-state index in [-0.39, 0.29) is 16.1 Å². The lowest BCUT2D eigenvalue weighted by Crippen LogP contribution is -2.26. The summed E-state index contributed by atoms with van der Waals surface area (Å²) in [5.74, 6) is -0.0965. The van der Waals surface area contributed by atoms with E-state index in [1.165, 1.54) is 4.31 Å². The van der Waals surface area contributed by atoms with Gasteiger partial charge >= 0.3 is 0 Å². The van der Waals surface area contributed by atoms with Crippen LogP contribution in [-0.4, -0.2) is 26.6 Å². The van der Waals surface area contributed by atoms with Crippen molar-refractivity contribution >= 4 is 39.1 Å². The molecule has 0 saturated heterocycles. The molecule has 2 aromatic carbocycles. The molecule has 0 spiro atoms. The third-order valence-electron chi connectivity index (χ3n) is 4.54. The van der Waals surface area contributed by atoms with E-state index >= 15 is 0 Å². The first-order chi connectivity index (χ1) is 12.2. The number of hydrogen-bond donors (Lipinski definition) is 1. The molecule has 0 saturated carbocycles. The second-order valence-corrected chi connectivity index (χ2v) is 10.0. The highest BCUT2D eigenvalue weighted by atomic mass is 32.2. The topological polar surface area (TPSA) is 66.5 Å². The maximum absolute atomic E-state index is 13.1. The van der Waals surface area contributed by atoms with Crippen molar-refractivity contribution < 1.29 is 13.2 Å². The van der Waals surface area contributed by atoms with E-state index in [1.54, 1.807) is 43.1 Å². The van der Waals surface area contributed by atoms with Crippen LogP contribution in [0.5, 0.6) is 0 Å². The van der Waals surface area contributed by atoms with Gasteiger partial charge in [-0.05, 0) is 55.3 Å². The average molecular weight is 391 g/mol. The largest absolute Gasteiger partial charge is 0.325 e. The molecule has 0 fully saturated rings. The predicted octanol–water partition coefficient (Wildman–Crippen LogP) is 3.95. The minimum atomic E-state index is -3.73. The molecule has 1 heterocycles. The van der Waals surface area contributed by atoms with Crippen molar-refractivity contribution in [2.24, 2.45) is 0 Å². The molecule has 0 radical (unpaired) electrons. The van der Waals surface area contributed by atoms with Gasteiger partial charge in [0, 0.05) is 23.6 Å². The maximum atomic E-state index is 13.1. The molecule has 0 aliphatic carbocycles. The lowest BCUT2D eigenvalue weighted by Gasteiger charge is -2.21. The minimum absolute atomic E-state index is 0.0965. The van der Waals surface area contributed by atoms with E-state index in [0.29, 0.717) is 17.8 Å². The van der Waals surface area contributed by atoms with Gasteiger partial charge in [0.2, 0.25) is 5.91 Å². The van der Waals surface area contributed by atoms with Gasteiger partial charge in [0.1, 0.15) is 0 Å². The van der Waals surface area contributed by atoms with Gasteiger partial charge in [0.05, 0.1) is 16.3 Å². The molecule has 7 heteroatoms. The Kier molecular flexibility index (Phi) is 5.03. The number of carbonyl (C=O) groups is 1.